The van der Waals surface area contributed by atoms with Crippen LogP contribution in [-0.2, 0) is 14.4 Å². The van der Waals surface area contributed by atoms with Gasteiger partial charge in [0.05, 0.1) is 6.54 Å². The minimum absolute atomic E-state index is 0.123. The standard InChI is InChI=1S/C18H30N2O5/c1-18(25,17(23)24)11-19-16(22)13-6-8-14(9-7-13)20-15(21)10-12-4-2-3-5-12/h12-14,25H,2-11H2,1H3,(H,19,22)(H,20,21)(H,23,24). The van der Waals surface area contributed by atoms with Gasteiger partial charge in [-0.15, -0.1) is 0 Å². The van der Waals surface area contributed by atoms with E-state index >= 15 is 0 Å². The highest BCUT2D eigenvalue weighted by molar-refractivity contribution is 5.81. The van der Waals surface area contributed by atoms with Crippen LogP contribution in [0.2, 0.25) is 0 Å². The average Bonchev–Trinajstić information content (AvgIpc) is 3.06. The van der Waals surface area contributed by atoms with Crippen molar-refractivity contribution in [1.29, 1.82) is 0 Å². The number of carbonyl (C=O) groups excluding carboxylic acids is 2. The summed E-state index contributed by atoms with van der Waals surface area (Å²) < 4.78 is 0. The predicted octanol–water partition coefficient (Wildman–Crippen LogP) is 1.19. The number of aliphatic hydroxyl groups is 1. The van der Waals surface area contributed by atoms with Crippen molar-refractivity contribution in [3.05, 3.63) is 0 Å². The van der Waals surface area contributed by atoms with Gasteiger partial charge in [-0.05, 0) is 51.4 Å². The van der Waals surface area contributed by atoms with E-state index in [2.05, 4.69) is 10.6 Å². The van der Waals surface area contributed by atoms with Gasteiger partial charge < -0.3 is 20.8 Å². The van der Waals surface area contributed by atoms with E-state index in [1.165, 1.54) is 12.8 Å². The lowest BCUT2D eigenvalue weighted by Crippen LogP contribution is -2.48. The zero-order valence-corrected chi connectivity index (χ0v) is 14.9. The fourth-order valence-corrected chi connectivity index (χ4v) is 3.74. The first-order chi connectivity index (χ1) is 11.8. The number of hydrogen-bond donors (Lipinski definition) is 4. The summed E-state index contributed by atoms with van der Waals surface area (Å²) in [4.78, 5) is 35.0. The second-order valence-corrected chi connectivity index (χ2v) is 7.77. The van der Waals surface area contributed by atoms with Gasteiger partial charge in [-0.1, -0.05) is 12.8 Å². The number of carbonyl (C=O) groups is 3. The molecular formula is C18H30N2O5. The lowest BCUT2D eigenvalue weighted by molar-refractivity contribution is -0.156. The van der Waals surface area contributed by atoms with Crippen molar-refractivity contribution in [2.24, 2.45) is 11.8 Å². The van der Waals surface area contributed by atoms with Gasteiger partial charge >= 0.3 is 5.97 Å². The molecular weight excluding hydrogens is 324 g/mol. The molecule has 0 heterocycles. The molecule has 2 amide bonds. The first-order valence-corrected chi connectivity index (χ1v) is 9.31. The number of aliphatic carboxylic acids is 1. The fourth-order valence-electron chi connectivity index (χ4n) is 3.74. The molecule has 0 saturated heterocycles. The van der Waals surface area contributed by atoms with Crippen LogP contribution < -0.4 is 10.6 Å². The van der Waals surface area contributed by atoms with Crippen LogP contribution in [0.25, 0.3) is 0 Å². The Balaban J connectivity index is 1.67. The molecule has 0 aromatic rings. The average molecular weight is 354 g/mol. The van der Waals surface area contributed by atoms with Crippen LogP contribution in [-0.4, -0.2) is 46.2 Å². The molecule has 0 aromatic heterocycles. The molecule has 1 unspecified atom stereocenters. The zero-order valence-electron chi connectivity index (χ0n) is 14.9. The van der Waals surface area contributed by atoms with Crippen LogP contribution in [0, 0.1) is 11.8 Å². The number of nitrogens with one attached hydrogen (secondary N) is 2. The van der Waals surface area contributed by atoms with Crippen molar-refractivity contribution in [3.8, 4) is 0 Å². The number of rotatable bonds is 7. The van der Waals surface area contributed by atoms with E-state index in [0.717, 1.165) is 32.6 Å². The van der Waals surface area contributed by atoms with E-state index in [9.17, 15) is 19.5 Å². The van der Waals surface area contributed by atoms with Crippen molar-refractivity contribution < 1.29 is 24.6 Å². The van der Waals surface area contributed by atoms with E-state index in [-0.39, 0.29) is 30.3 Å². The highest BCUT2D eigenvalue weighted by Gasteiger charge is 2.33. The number of carboxylic acids is 1. The van der Waals surface area contributed by atoms with E-state index in [1.807, 2.05) is 0 Å². The summed E-state index contributed by atoms with van der Waals surface area (Å²) in [5.74, 6) is -1.12. The molecule has 2 fully saturated rings. The van der Waals surface area contributed by atoms with Gasteiger partial charge in [0.25, 0.3) is 0 Å². The number of carboxylic acid groups (broad SMARTS) is 1. The number of hydrogen-bond acceptors (Lipinski definition) is 4. The van der Waals surface area contributed by atoms with Crippen LogP contribution in [0.3, 0.4) is 0 Å². The Morgan fingerprint density at radius 3 is 2.20 bits per heavy atom. The highest BCUT2D eigenvalue weighted by Crippen LogP contribution is 2.28. The first-order valence-electron chi connectivity index (χ1n) is 9.31. The monoisotopic (exact) mass is 354 g/mol. The van der Waals surface area contributed by atoms with Gasteiger partial charge in [0.2, 0.25) is 11.8 Å². The molecule has 0 aromatic carbocycles. The zero-order chi connectivity index (χ0) is 18.4. The molecule has 142 valence electrons. The van der Waals surface area contributed by atoms with Crippen LogP contribution >= 0.6 is 0 Å². The summed E-state index contributed by atoms with van der Waals surface area (Å²) in [6.07, 6.45) is 8.21. The molecule has 2 aliphatic rings. The molecule has 2 rings (SSSR count). The normalized spacial score (nSPS) is 26.6. The molecule has 1 atom stereocenters. The second-order valence-electron chi connectivity index (χ2n) is 7.77. The Morgan fingerprint density at radius 2 is 1.64 bits per heavy atom. The van der Waals surface area contributed by atoms with Crippen LogP contribution in [0.4, 0.5) is 0 Å². The molecule has 0 bridgehead atoms. The quantitative estimate of drug-likeness (QED) is 0.548. The number of amides is 2. The van der Waals surface area contributed by atoms with E-state index in [4.69, 9.17) is 5.11 Å². The SMILES string of the molecule is CC(O)(CNC(=O)C1CCC(NC(=O)CC2CCCC2)CC1)C(=O)O. The molecule has 7 nitrogen and oxygen atoms in total. The van der Waals surface area contributed by atoms with Crippen molar-refractivity contribution in [2.45, 2.75) is 76.4 Å². The Kier molecular flexibility index (Phi) is 6.81. The van der Waals surface area contributed by atoms with Gasteiger partial charge in [-0.25, -0.2) is 4.79 Å². The first kappa shape index (κ1) is 19.7. The summed E-state index contributed by atoms with van der Waals surface area (Å²) >= 11 is 0. The molecule has 2 saturated carbocycles. The minimum atomic E-state index is -1.96. The van der Waals surface area contributed by atoms with E-state index < -0.39 is 11.6 Å². The van der Waals surface area contributed by atoms with Gasteiger partial charge in [-0.3, -0.25) is 9.59 Å². The predicted molar refractivity (Wildman–Crippen MR) is 91.7 cm³/mol. The van der Waals surface area contributed by atoms with Crippen molar-refractivity contribution >= 4 is 17.8 Å². The Hall–Kier alpha value is -1.63. The van der Waals surface area contributed by atoms with Gasteiger partial charge in [0, 0.05) is 18.4 Å². The van der Waals surface area contributed by atoms with Gasteiger partial charge in [-0.2, -0.15) is 0 Å². The van der Waals surface area contributed by atoms with Crippen molar-refractivity contribution in [1.82, 2.24) is 10.6 Å². The Labute approximate surface area is 148 Å². The van der Waals surface area contributed by atoms with Crippen molar-refractivity contribution in [3.63, 3.8) is 0 Å². The van der Waals surface area contributed by atoms with Crippen LogP contribution in [0.15, 0.2) is 0 Å². The fraction of sp³-hybridized carbons (Fsp3) is 0.833. The molecule has 0 radical (unpaired) electrons. The van der Waals surface area contributed by atoms with Crippen LogP contribution in [0.5, 0.6) is 0 Å². The minimum Gasteiger partial charge on any atom is -0.479 e. The molecule has 4 N–H and O–H groups in total. The molecule has 7 heteroatoms. The van der Waals surface area contributed by atoms with Gasteiger partial charge in [0.1, 0.15) is 0 Å². The summed E-state index contributed by atoms with van der Waals surface area (Å²) in [6, 6.07) is 0.125. The van der Waals surface area contributed by atoms with Crippen LogP contribution in [0.1, 0.15) is 64.7 Å². The third-order valence-electron chi connectivity index (χ3n) is 5.48. The Bertz CT molecular complexity index is 492. The summed E-state index contributed by atoms with van der Waals surface area (Å²) in [7, 11) is 0. The summed E-state index contributed by atoms with van der Waals surface area (Å²) in [5.41, 5.74) is -1.96. The summed E-state index contributed by atoms with van der Waals surface area (Å²) in [6.45, 7) is 0.853. The maximum absolute atomic E-state index is 12.1. The topological polar surface area (TPSA) is 116 Å². The maximum Gasteiger partial charge on any atom is 0.337 e. The van der Waals surface area contributed by atoms with E-state index in [1.54, 1.807) is 0 Å². The smallest absolute Gasteiger partial charge is 0.337 e. The maximum atomic E-state index is 12.1. The third kappa shape index (κ3) is 5.99. The molecule has 2 aliphatic carbocycles. The molecule has 0 spiro atoms. The second kappa shape index (κ2) is 8.65. The summed E-state index contributed by atoms with van der Waals surface area (Å²) in [5, 5.41) is 24.1. The van der Waals surface area contributed by atoms with Crippen molar-refractivity contribution in [2.75, 3.05) is 6.54 Å². The highest BCUT2D eigenvalue weighted by atomic mass is 16.4. The third-order valence-corrected chi connectivity index (χ3v) is 5.48. The Morgan fingerprint density at radius 1 is 1.04 bits per heavy atom. The molecule has 0 aliphatic heterocycles. The lowest BCUT2D eigenvalue weighted by Gasteiger charge is -2.29. The van der Waals surface area contributed by atoms with E-state index in [0.29, 0.717) is 25.2 Å². The lowest BCUT2D eigenvalue weighted by atomic mass is 9.85. The molecule has 25 heavy (non-hydrogen) atoms. The van der Waals surface area contributed by atoms with Gasteiger partial charge in [0.15, 0.2) is 5.60 Å². The largest absolute Gasteiger partial charge is 0.479 e.